The first-order valence-electron chi connectivity index (χ1n) is 9.78. The van der Waals surface area contributed by atoms with Crippen LogP contribution in [0.25, 0.3) is 11.1 Å². The normalized spacial score (nSPS) is 12.8. The van der Waals surface area contributed by atoms with Gasteiger partial charge in [-0.05, 0) is 12.8 Å². The molecule has 0 amide bonds. The van der Waals surface area contributed by atoms with E-state index < -0.39 is 0 Å². The molecule has 156 valence electrons. The molecule has 0 fully saturated rings. The molecule has 0 atom stereocenters. The first kappa shape index (κ1) is 28.5. The summed E-state index contributed by atoms with van der Waals surface area (Å²) in [5, 5.41) is 0. The van der Waals surface area contributed by atoms with E-state index in [-0.39, 0.29) is 14.9 Å². The van der Waals surface area contributed by atoms with Crippen LogP contribution in [0.3, 0.4) is 0 Å². The fourth-order valence-electron chi connectivity index (χ4n) is 3.12. The summed E-state index contributed by atoms with van der Waals surface area (Å²) in [6.45, 7) is 7.43. The Hall–Kier alpha value is -1.50. The number of allylic oxidation sites excluding steroid dienone is 8. The van der Waals surface area contributed by atoms with Gasteiger partial charge in [-0.15, -0.1) is 47.5 Å². The van der Waals surface area contributed by atoms with Crippen molar-refractivity contribution in [3.8, 4) is 0 Å². The molecule has 0 saturated heterocycles. The van der Waals surface area contributed by atoms with Crippen LogP contribution in [0.1, 0.15) is 48.9 Å². The van der Waals surface area contributed by atoms with Crippen molar-refractivity contribution in [2.24, 2.45) is 0 Å². The maximum absolute atomic E-state index is 3.33. The van der Waals surface area contributed by atoms with Gasteiger partial charge in [-0.1, -0.05) is 62.1 Å². The summed E-state index contributed by atoms with van der Waals surface area (Å²) in [5.41, 5.74) is 7.88. The second-order valence-corrected chi connectivity index (χ2v) is 6.50. The van der Waals surface area contributed by atoms with Gasteiger partial charge in [-0.25, -0.2) is 0 Å². The number of hydrogen-bond acceptors (Lipinski definition) is 0. The molecule has 2 aromatic rings. The Bertz CT molecular complexity index is 814. The first-order chi connectivity index (χ1) is 13.8. The second kappa shape index (κ2) is 16.2. The van der Waals surface area contributed by atoms with Crippen molar-refractivity contribution in [1.29, 1.82) is 0 Å². The Balaban J connectivity index is 0.000000488. The van der Waals surface area contributed by atoms with Gasteiger partial charge in [-0.3, -0.25) is 0 Å². The molecule has 2 heteroatoms. The molecule has 0 spiro atoms. The van der Waals surface area contributed by atoms with Crippen molar-refractivity contribution in [2.45, 2.75) is 39.5 Å². The van der Waals surface area contributed by atoms with Crippen LogP contribution < -0.4 is 0 Å². The molecule has 0 heterocycles. The SMILES string of the molecule is CCc1cccc(C2=[C-]CC=C2)c1.CCc1cccc(C2=[C-]CC=C2)c1.[CH3-].[CH3-].[Si]=[Zr]. The summed E-state index contributed by atoms with van der Waals surface area (Å²) in [7, 11) is 0. The molecule has 0 aromatic heterocycles. The molecule has 0 saturated carbocycles. The summed E-state index contributed by atoms with van der Waals surface area (Å²) in [5.74, 6) is 0. The second-order valence-electron chi connectivity index (χ2n) is 6.50. The van der Waals surface area contributed by atoms with Gasteiger partial charge in [0.05, 0.1) is 0 Å². The Morgan fingerprint density at radius 3 is 1.43 bits per heavy atom. The van der Waals surface area contributed by atoms with Gasteiger partial charge in [-0.2, -0.15) is 35.5 Å². The van der Waals surface area contributed by atoms with E-state index in [9.17, 15) is 0 Å². The zero-order chi connectivity index (χ0) is 20.2. The van der Waals surface area contributed by atoms with Crippen LogP contribution >= 0.6 is 0 Å². The van der Waals surface area contributed by atoms with E-state index in [1.54, 1.807) is 0 Å². The van der Waals surface area contributed by atoms with E-state index in [4.69, 9.17) is 0 Å². The van der Waals surface area contributed by atoms with E-state index in [1.165, 1.54) is 56.7 Å². The minimum atomic E-state index is 0. The molecule has 30 heavy (non-hydrogen) atoms. The predicted molar refractivity (Wildman–Crippen MR) is 131 cm³/mol. The summed E-state index contributed by atoms with van der Waals surface area (Å²) in [6, 6.07) is 17.4. The third-order valence-corrected chi connectivity index (χ3v) is 4.68. The molecule has 0 nitrogen and oxygen atoms in total. The quantitative estimate of drug-likeness (QED) is 0.313. The summed E-state index contributed by atoms with van der Waals surface area (Å²) >= 11 is 1.36. The van der Waals surface area contributed by atoms with Crippen LogP contribution in [0, 0.1) is 27.0 Å². The van der Waals surface area contributed by atoms with Crippen molar-refractivity contribution in [1.82, 2.24) is 0 Å². The number of rotatable bonds is 4. The molecular formula is C28H32SiZr-4. The summed E-state index contributed by atoms with van der Waals surface area (Å²) < 4.78 is 0. The van der Waals surface area contributed by atoms with Crippen molar-refractivity contribution >= 4 is 18.0 Å². The summed E-state index contributed by atoms with van der Waals surface area (Å²) in [4.78, 5) is 0. The number of hydrogen-bond donors (Lipinski definition) is 0. The van der Waals surface area contributed by atoms with Crippen LogP contribution in [0.4, 0.5) is 0 Å². The average molecular weight is 488 g/mol. The van der Waals surface area contributed by atoms with Crippen molar-refractivity contribution < 1.29 is 23.3 Å². The van der Waals surface area contributed by atoms with E-state index in [2.05, 4.69) is 106 Å². The van der Waals surface area contributed by atoms with E-state index in [1.807, 2.05) is 0 Å². The van der Waals surface area contributed by atoms with Gasteiger partial charge in [0, 0.05) is 0 Å². The van der Waals surface area contributed by atoms with Crippen molar-refractivity contribution in [3.63, 3.8) is 0 Å². The number of aryl methyl sites for hydroxylation is 2. The van der Waals surface area contributed by atoms with Gasteiger partial charge in [0.1, 0.15) is 0 Å². The zero-order valence-corrected chi connectivity index (χ0v) is 22.2. The molecule has 2 aliphatic carbocycles. The Kier molecular flexibility index (Phi) is 15.4. The standard InChI is InChI=1S/2C13H13.2CH3.Si.Zr/c2*1-2-11-6-5-9-13(10-11)12-7-3-4-8-12;;;;/h2*3,5-7,9-10H,2,4H2,1H3;2*1H3;;/q4*-1;;. The van der Waals surface area contributed by atoms with Gasteiger partial charge >= 0.3 is 30.2 Å². The topological polar surface area (TPSA) is 0 Å². The van der Waals surface area contributed by atoms with Gasteiger partial charge in [0.25, 0.3) is 0 Å². The number of benzene rings is 2. The van der Waals surface area contributed by atoms with Crippen molar-refractivity contribution in [2.75, 3.05) is 0 Å². The van der Waals surface area contributed by atoms with Crippen LogP contribution in [0.2, 0.25) is 0 Å². The fourth-order valence-corrected chi connectivity index (χ4v) is 3.12. The van der Waals surface area contributed by atoms with Gasteiger partial charge in [0.15, 0.2) is 0 Å². The molecule has 4 rings (SSSR count). The van der Waals surface area contributed by atoms with E-state index >= 15 is 0 Å². The molecule has 2 radical (unpaired) electrons. The third-order valence-electron chi connectivity index (χ3n) is 4.68. The van der Waals surface area contributed by atoms with Crippen LogP contribution in [0.5, 0.6) is 0 Å². The van der Waals surface area contributed by atoms with Crippen molar-refractivity contribution in [3.05, 3.63) is 122 Å². The van der Waals surface area contributed by atoms with E-state index in [0.717, 1.165) is 25.7 Å². The fraction of sp³-hybridized carbons (Fsp3) is 0.214. The Morgan fingerprint density at radius 1 is 0.733 bits per heavy atom. The molecule has 0 N–H and O–H groups in total. The minimum absolute atomic E-state index is 0. The Morgan fingerprint density at radius 2 is 1.13 bits per heavy atom. The predicted octanol–water partition coefficient (Wildman–Crippen LogP) is 7.31. The van der Waals surface area contributed by atoms with Crippen LogP contribution in [-0.4, -0.2) is 6.88 Å². The molecule has 0 unspecified atom stereocenters. The molecule has 0 aliphatic heterocycles. The molecular weight excluding hydrogens is 456 g/mol. The first-order valence-corrected chi connectivity index (χ1v) is 14.0. The third kappa shape index (κ3) is 8.70. The van der Waals surface area contributed by atoms with Gasteiger partial charge < -0.3 is 14.9 Å². The van der Waals surface area contributed by atoms with Crippen LogP contribution in [-0.2, 0) is 36.2 Å². The zero-order valence-electron chi connectivity index (χ0n) is 18.8. The Labute approximate surface area is 202 Å². The van der Waals surface area contributed by atoms with Gasteiger partial charge in [0.2, 0.25) is 0 Å². The molecule has 2 aliphatic rings. The maximum atomic E-state index is 3.33. The molecule has 0 bridgehead atoms. The van der Waals surface area contributed by atoms with E-state index in [0.29, 0.717) is 0 Å². The average Bonchev–Trinajstić information content (AvgIpc) is 3.50. The monoisotopic (exact) mass is 486 g/mol. The molecule has 2 aromatic carbocycles. The summed E-state index contributed by atoms with van der Waals surface area (Å²) in [6.07, 6.45) is 19.4. The van der Waals surface area contributed by atoms with Crippen LogP contribution in [0.15, 0.2) is 72.8 Å².